The lowest BCUT2D eigenvalue weighted by molar-refractivity contribution is 0.249. The molecule has 0 radical (unpaired) electrons. The Morgan fingerprint density at radius 3 is 1.54 bits per heavy atom. The Morgan fingerprint density at radius 1 is 0.643 bits per heavy atom. The van der Waals surface area contributed by atoms with Gasteiger partial charge in [0.25, 0.3) is 0 Å². The van der Waals surface area contributed by atoms with Gasteiger partial charge in [0, 0.05) is 35.7 Å². The molecule has 0 aromatic carbocycles. The summed E-state index contributed by atoms with van der Waals surface area (Å²) in [6, 6.07) is 0. The zero-order valence-electron chi connectivity index (χ0n) is 19.9. The van der Waals surface area contributed by atoms with Crippen LogP contribution in [0.4, 0.5) is 0 Å². The van der Waals surface area contributed by atoms with Gasteiger partial charge in [-0.1, -0.05) is 77.6 Å². The van der Waals surface area contributed by atoms with Gasteiger partial charge in [0.05, 0.1) is 0 Å². The molecule has 0 bridgehead atoms. The lowest BCUT2D eigenvalue weighted by Crippen LogP contribution is -2.41. The number of unbranched alkanes of at least 4 members (excludes halogenated alkanes) is 11. The van der Waals surface area contributed by atoms with Gasteiger partial charge in [0.15, 0.2) is 0 Å². The Bertz CT molecular complexity index is 334. The number of nitrogens with zero attached hydrogens (tertiary/aromatic N) is 1. The van der Waals surface area contributed by atoms with Gasteiger partial charge in [0.1, 0.15) is 0 Å². The molecule has 0 atom stereocenters. The summed E-state index contributed by atoms with van der Waals surface area (Å²) in [5.41, 5.74) is 0. The molecule has 0 unspecified atom stereocenters. The van der Waals surface area contributed by atoms with E-state index in [9.17, 15) is 0 Å². The molecule has 0 aliphatic heterocycles. The van der Waals surface area contributed by atoms with Crippen molar-refractivity contribution >= 4 is 25.3 Å². The predicted octanol–water partition coefficient (Wildman–Crippen LogP) is 7.00. The van der Waals surface area contributed by atoms with E-state index in [2.05, 4.69) is 57.5 Å². The molecule has 0 saturated carbocycles. The second-order valence-corrected chi connectivity index (χ2v) is 12.4. The van der Waals surface area contributed by atoms with Crippen molar-refractivity contribution in [3.05, 3.63) is 0 Å². The van der Waals surface area contributed by atoms with Crippen LogP contribution in [-0.2, 0) is 0 Å². The predicted molar refractivity (Wildman–Crippen MR) is 137 cm³/mol. The van der Waals surface area contributed by atoms with Crippen LogP contribution in [0.15, 0.2) is 0 Å². The maximum Gasteiger partial charge on any atom is 0.0200 e. The molecule has 0 fully saturated rings. The highest BCUT2D eigenvalue weighted by Gasteiger charge is 2.17. The van der Waals surface area contributed by atoms with Crippen LogP contribution < -0.4 is 5.32 Å². The topological polar surface area (TPSA) is 15.3 Å². The summed E-state index contributed by atoms with van der Waals surface area (Å²) in [5, 5.41) is 3.54. The van der Waals surface area contributed by atoms with Crippen molar-refractivity contribution in [3.8, 4) is 0 Å². The SMILES string of the molecule is CCCCCCCCCCCCCCN(CCNCC(C)(C)S)CC(C)(C)S. The van der Waals surface area contributed by atoms with E-state index in [1.165, 1.54) is 83.6 Å². The Hall–Kier alpha value is 0.620. The average molecular weight is 433 g/mol. The van der Waals surface area contributed by atoms with Crippen molar-refractivity contribution in [3.63, 3.8) is 0 Å². The van der Waals surface area contributed by atoms with E-state index >= 15 is 0 Å². The maximum absolute atomic E-state index is 4.75. The minimum Gasteiger partial charge on any atom is -0.314 e. The van der Waals surface area contributed by atoms with Crippen molar-refractivity contribution in [1.29, 1.82) is 0 Å². The van der Waals surface area contributed by atoms with Crippen molar-refractivity contribution < 1.29 is 0 Å². The maximum atomic E-state index is 4.75. The molecule has 0 spiro atoms. The summed E-state index contributed by atoms with van der Waals surface area (Å²) in [6.07, 6.45) is 17.0. The third kappa shape index (κ3) is 22.9. The van der Waals surface area contributed by atoms with Gasteiger partial charge < -0.3 is 10.2 Å². The molecule has 1 N–H and O–H groups in total. The first-order chi connectivity index (χ1) is 13.1. The zero-order chi connectivity index (χ0) is 21.3. The third-order valence-electron chi connectivity index (χ3n) is 5.10. The summed E-state index contributed by atoms with van der Waals surface area (Å²) in [4.78, 5) is 2.59. The molecule has 4 heteroatoms. The number of thiol groups is 2. The normalized spacial score (nSPS) is 12.9. The van der Waals surface area contributed by atoms with Crippen LogP contribution in [0.5, 0.6) is 0 Å². The first-order valence-corrected chi connectivity index (χ1v) is 12.9. The second kappa shape index (κ2) is 17.3. The summed E-state index contributed by atoms with van der Waals surface area (Å²) in [5.74, 6) is 0. The minimum absolute atomic E-state index is 0.0587. The van der Waals surface area contributed by atoms with Gasteiger partial charge in [-0.3, -0.25) is 0 Å². The van der Waals surface area contributed by atoms with E-state index in [4.69, 9.17) is 12.6 Å². The number of nitrogens with one attached hydrogen (secondary N) is 1. The summed E-state index contributed by atoms with van der Waals surface area (Å²) < 4.78 is 0.128. The Balaban J connectivity index is 3.73. The standard InChI is InChI=1S/C24H52N2S2/c1-6-7-8-9-10-11-12-13-14-15-16-17-19-26(22-24(4,5)28)20-18-25-21-23(2,3)27/h25,27-28H,6-22H2,1-5H3. The van der Waals surface area contributed by atoms with Crippen LogP contribution in [-0.4, -0.2) is 47.1 Å². The first-order valence-electron chi connectivity index (χ1n) is 12.0. The van der Waals surface area contributed by atoms with E-state index in [-0.39, 0.29) is 9.49 Å². The Kier molecular flexibility index (Phi) is 17.7. The van der Waals surface area contributed by atoms with Gasteiger partial charge in [0.2, 0.25) is 0 Å². The summed E-state index contributed by atoms with van der Waals surface area (Å²) in [7, 11) is 0. The quantitative estimate of drug-likeness (QED) is 0.142. The number of hydrogen-bond donors (Lipinski definition) is 3. The fourth-order valence-electron chi connectivity index (χ4n) is 3.62. The average Bonchev–Trinajstić information content (AvgIpc) is 2.57. The van der Waals surface area contributed by atoms with Gasteiger partial charge in [-0.15, -0.1) is 0 Å². The highest BCUT2D eigenvalue weighted by atomic mass is 32.1. The highest BCUT2D eigenvalue weighted by molar-refractivity contribution is 7.82. The van der Waals surface area contributed by atoms with Gasteiger partial charge in [-0.05, 0) is 40.7 Å². The van der Waals surface area contributed by atoms with Crippen LogP contribution in [0.3, 0.4) is 0 Å². The molecule has 0 aromatic heterocycles. The smallest absolute Gasteiger partial charge is 0.0200 e. The Morgan fingerprint density at radius 2 is 1.11 bits per heavy atom. The van der Waals surface area contributed by atoms with Crippen LogP contribution in [0.2, 0.25) is 0 Å². The van der Waals surface area contributed by atoms with Gasteiger partial charge in [-0.25, -0.2) is 0 Å². The van der Waals surface area contributed by atoms with E-state index in [0.717, 1.165) is 26.2 Å². The molecule has 28 heavy (non-hydrogen) atoms. The molecule has 0 heterocycles. The fourth-order valence-corrected chi connectivity index (χ4v) is 3.94. The van der Waals surface area contributed by atoms with Gasteiger partial charge >= 0.3 is 0 Å². The highest BCUT2D eigenvalue weighted by Crippen LogP contribution is 2.16. The second-order valence-electron chi connectivity index (χ2n) is 9.97. The number of hydrogen-bond acceptors (Lipinski definition) is 4. The molecule has 0 rings (SSSR count). The molecule has 170 valence electrons. The molecule has 0 aromatic rings. The molecular formula is C24H52N2S2. The third-order valence-corrected chi connectivity index (χ3v) is 5.40. The van der Waals surface area contributed by atoms with Crippen molar-refractivity contribution in [2.75, 3.05) is 32.7 Å². The fraction of sp³-hybridized carbons (Fsp3) is 1.00. The van der Waals surface area contributed by atoms with E-state index in [0.29, 0.717) is 0 Å². The summed E-state index contributed by atoms with van der Waals surface area (Å²) >= 11 is 9.34. The first kappa shape index (κ1) is 28.6. The molecule has 0 amide bonds. The van der Waals surface area contributed by atoms with E-state index in [1.54, 1.807) is 0 Å². The van der Waals surface area contributed by atoms with Crippen LogP contribution >= 0.6 is 25.3 Å². The van der Waals surface area contributed by atoms with Crippen LogP contribution in [0.1, 0.15) is 112 Å². The molecule has 0 aliphatic carbocycles. The Labute approximate surface area is 189 Å². The van der Waals surface area contributed by atoms with Crippen molar-refractivity contribution in [2.45, 2.75) is 121 Å². The van der Waals surface area contributed by atoms with Gasteiger partial charge in [-0.2, -0.15) is 25.3 Å². The van der Waals surface area contributed by atoms with E-state index in [1.807, 2.05) is 0 Å². The lowest BCUT2D eigenvalue weighted by Gasteiger charge is -2.30. The van der Waals surface area contributed by atoms with Crippen molar-refractivity contribution in [1.82, 2.24) is 10.2 Å². The van der Waals surface area contributed by atoms with Crippen molar-refractivity contribution in [2.24, 2.45) is 0 Å². The largest absolute Gasteiger partial charge is 0.314 e. The monoisotopic (exact) mass is 432 g/mol. The van der Waals surface area contributed by atoms with Crippen LogP contribution in [0, 0.1) is 0 Å². The number of rotatable bonds is 20. The lowest BCUT2D eigenvalue weighted by atomic mass is 10.1. The minimum atomic E-state index is 0.0587. The molecule has 0 saturated heterocycles. The molecule has 0 aliphatic rings. The van der Waals surface area contributed by atoms with Crippen LogP contribution in [0.25, 0.3) is 0 Å². The molecule has 2 nitrogen and oxygen atoms in total. The zero-order valence-corrected chi connectivity index (χ0v) is 21.7. The molecular weight excluding hydrogens is 380 g/mol. The van der Waals surface area contributed by atoms with E-state index < -0.39 is 0 Å². The summed E-state index contributed by atoms with van der Waals surface area (Å²) in [6.45, 7) is 16.4.